The lowest BCUT2D eigenvalue weighted by Crippen LogP contribution is -2.33. The van der Waals surface area contributed by atoms with E-state index in [1.807, 2.05) is 37.4 Å². The molecule has 1 atom stereocenters. The Morgan fingerprint density at radius 3 is 2.62 bits per heavy atom. The molecule has 4 aromatic rings. The van der Waals surface area contributed by atoms with Gasteiger partial charge in [-0.2, -0.15) is 0 Å². The number of hydrogen-bond donors (Lipinski definition) is 1. The summed E-state index contributed by atoms with van der Waals surface area (Å²) in [4.78, 5) is 31.8. The number of benzene rings is 2. The lowest BCUT2D eigenvalue weighted by Gasteiger charge is -2.18. The van der Waals surface area contributed by atoms with Gasteiger partial charge in [0.2, 0.25) is 5.91 Å². The molecule has 2 aromatic carbocycles. The standard InChI is InChI=1S/C25H24ClN3O2S/c1-4-16-7-9-17(10-8-16)19-13-32-24-22(19)25(31)29(14-27-24)21(5-2)23(30)28-20-12-18(26)11-6-15(20)3/h6-14,21H,4-5H2,1-3H3,(H,28,30). The van der Waals surface area contributed by atoms with Gasteiger partial charge in [0.1, 0.15) is 10.9 Å². The number of carbonyl (C=O) groups is 1. The summed E-state index contributed by atoms with van der Waals surface area (Å²) in [5.74, 6) is -0.273. The Balaban J connectivity index is 1.74. The quantitative estimate of drug-likeness (QED) is 0.366. The van der Waals surface area contributed by atoms with Crippen LogP contribution in [0.4, 0.5) is 5.69 Å². The molecular formula is C25H24ClN3O2S. The Morgan fingerprint density at radius 1 is 1.19 bits per heavy atom. The summed E-state index contributed by atoms with van der Waals surface area (Å²) in [5.41, 5.74) is 4.38. The fourth-order valence-corrected chi connectivity index (χ4v) is 4.83. The number of amides is 1. The number of aromatic nitrogens is 2. The van der Waals surface area contributed by atoms with Crippen molar-refractivity contribution in [3.05, 3.63) is 80.7 Å². The molecule has 2 aromatic heterocycles. The van der Waals surface area contributed by atoms with Crippen LogP contribution in [0.25, 0.3) is 21.3 Å². The summed E-state index contributed by atoms with van der Waals surface area (Å²) in [5, 5.41) is 5.97. The highest BCUT2D eigenvalue weighted by atomic mass is 35.5. The largest absolute Gasteiger partial charge is 0.324 e. The second-order valence-electron chi connectivity index (χ2n) is 7.71. The molecule has 7 heteroatoms. The Kier molecular flexibility index (Phi) is 6.44. The zero-order valence-electron chi connectivity index (χ0n) is 18.2. The number of carbonyl (C=O) groups excluding carboxylic acids is 1. The van der Waals surface area contributed by atoms with Crippen molar-refractivity contribution in [2.24, 2.45) is 0 Å². The zero-order valence-corrected chi connectivity index (χ0v) is 19.8. The molecule has 0 spiro atoms. The minimum absolute atomic E-state index is 0.212. The van der Waals surface area contributed by atoms with Gasteiger partial charge in [-0.05, 0) is 48.6 Å². The number of fused-ring (bicyclic) bond motifs is 1. The second-order valence-corrected chi connectivity index (χ2v) is 9.00. The number of hydrogen-bond acceptors (Lipinski definition) is 4. The van der Waals surface area contributed by atoms with Gasteiger partial charge in [0.25, 0.3) is 5.56 Å². The molecule has 0 aliphatic heterocycles. The van der Waals surface area contributed by atoms with Gasteiger partial charge in [0.15, 0.2) is 0 Å². The SMILES string of the molecule is CCc1ccc(-c2csc3ncn(C(CC)C(=O)Nc4cc(Cl)ccc4C)c(=O)c23)cc1. The third-order valence-electron chi connectivity index (χ3n) is 5.68. The number of anilines is 1. The summed E-state index contributed by atoms with van der Waals surface area (Å²) >= 11 is 7.52. The van der Waals surface area contributed by atoms with Gasteiger partial charge in [0.05, 0.1) is 11.7 Å². The first-order valence-corrected chi connectivity index (χ1v) is 11.8. The van der Waals surface area contributed by atoms with Crippen LogP contribution in [0.2, 0.25) is 5.02 Å². The summed E-state index contributed by atoms with van der Waals surface area (Å²) in [6.07, 6.45) is 2.88. The van der Waals surface area contributed by atoms with Crippen molar-refractivity contribution in [2.75, 3.05) is 5.32 Å². The van der Waals surface area contributed by atoms with Crippen LogP contribution in [0.1, 0.15) is 37.4 Å². The molecule has 164 valence electrons. The van der Waals surface area contributed by atoms with Crippen LogP contribution in [0.15, 0.2) is 59.0 Å². The molecule has 1 unspecified atom stereocenters. The van der Waals surface area contributed by atoms with Crippen molar-refractivity contribution in [3.63, 3.8) is 0 Å². The van der Waals surface area contributed by atoms with Crippen molar-refractivity contribution in [1.29, 1.82) is 0 Å². The molecule has 1 amide bonds. The van der Waals surface area contributed by atoms with E-state index < -0.39 is 6.04 Å². The van der Waals surface area contributed by atoms with Crippen LogP contribution < -0.4 is 10.9 Å². The number of thiophene rings is 1. The first kappa shape index (κ1) is 22.2. The van der Waals surface area contributed by atoms with Crippen LogP contribution in [0.5, 0.6) is 0 Å². The average molecular weight is 466 g/mol. The van der Waals surface area contributed by atoms with Crippen LogP contribution in [-0.4, -0.2) is 15.5 Å². The highest BCUT2D eigenvalue weighted by Crippen LogP contribution is 2.31. The Bertz CT molecular complexity index is 1340. The van der Waals surface area contributed by atoms with Crippen molar-refractivity contribution >= 4 is 44.7 Å². The minimum Gasteiger partial charge on any atom is -0.324 e. The van der Waals surface area contributed by atoms with E-state index in [0.29, 0.717) is 27.3 Å². The Labute approximate surface area is 195 Å². The zero-order chi connectivity index (χ0) is 22.8. The minimum atomic E-state index is -0.687. The van der Waals surface area contributed by atoms with Crippen molar-refractivity contribution in [1.82, 2.24) is 9.55 Å². The predicted octanol–water partition coefficient (Wildman–Crippen LogP) is 6.24. The number of aryl methyl sites for hydroxylation is 2. The summed E-state index contributed by atoms with van der Waals surface area (Å²) in [6.45, 7) is 5.89. The van der Waals surface area contributed by atoms with Gasteiger partial charge < -0.3 is 5.32 Å². The van der Waals surface area contributed by atoms with E-state index in [9.17, 15) is 9.59 Å². The highest BCUT2D eigenvalue weighted by Gasteiger charge is 2.23. The van der Waals surface area contributed by atoms with E-state index in [4.69, 9.17) is 11.6 Å². The van der Waals surface area contributed by atoms with Crippen LogP contribution in [0.3, 0.4) is 0 Å². The van der Waals surface area contributed by atoms with Gasteiger partial charge in [0, 0.05) is 21.7 Å². The van der Waals surface area contributed by atoms with Gasteiger partial charge in [-0.3, -0.25) is 14.2 Å². The number of nitrogens with zero attached hydrogens (tertiary/aromatic N) is 2. The smallest absolute Gasteiger partial charge is 0.263 e. The maximum atomic E-state index is 13.5. The molecule has 0 saturated carbocycles. The fraction of sp³-hybridized carbons (Fsp3) is 0.240. The molecule has 0 aliphatic carbocycles. The fourth-order valence-electron chi connectivity index (χ4n) is 3.75. The van der Waals surface area contributed by atoms with Crippen molar-refractivity contribution < 1.29 is 4.79 Å². The van der Waals surface area contributed by atoms with Gasteiger partial charge in [-0.1, -0.05) is 55.8 Å². The maximum absolute atomic E-state index is 13.5. The molecule has 4 rings (SSSR count). The molecular weight excluding hydrogens is 442 g/mol. The van der Waals surface area contributed by atoms with E-state index in [-0.39, 0.29) is 11.5 Å². The van der Waals surface area contributed by atoms with Gasteiger partial charge in [-0.25, -0.2) is 4.98 Å². The van der Waals surface area contributed by atoms with E-state index >= 15 is 0 Å². The van der Waals surface area contributed by atoms with Crippen molar-refractivity contribution in [2.45, 2.75) is 39.7 Å². The first-order valence-electron chi connectivity index (χ1n) is 10.6. The number of nitrogens with one attached hydrogen (secondary N) is 1. The van der Waals surface area contributed by atoms with Gasteiger partial charge in [-0.15, -0.1) is 11.3 Å². The van der Waals surface area contributed by atoms with Crippen LogP contribution in [-0.2, 0) is 11.2 Å². The summed E-state index contributed by atoms with van der Waals surface area (Å²) in [7, 11) is 0. The van der Waals surface area contributed by atoms with E-state index in [1.165, 1.54) is 27.8 Å². The highest BCUT2D eigenvalue weighted by molar-refractivity contribution is 7.17. The lowest BCUT2D eigenvalue weighted by atomic mass is 10.0. The average Bonchev–Trinajstić information content (AvgIpc) is 3.23. The van der Waals surface area contributed by atoms with E-state index in [0.717, 1.165) is 23.1 Å². The third-order valence-corrected chi connectivity index (χ3v) is 6.80. The normalized spacial score (nSPS) is 12.1. The monoisotopic (exact) mass is 465 g/mol. The summed E-state index contributed by atoms with van der Waals surface area (Å²) in [6, 6.07) is 12.9. The van der Waals surface area contributed by atoms with E-state index in [1.54, 1.807) is 12.1 Å². The third kappa shape index (κ3) is 4.20. The molecule has 0 saturated heterocycles. The van der Waals surface area contributed by atoms with Crippen molar-refractivity contribution in [3.8, 4) is 11.1 Å². The number of rotatable bonds is 6. The molecule has 32 heavy (non-hydrogen) atoms. The van der Waals surface area contributed by atoms with E-state index in [2.05, 4.69) is 29.4 Å². The molecule has 0 aliphatic rings. The van der Waals surface area contributed by atoms with Gasteiger partial charge >= 0.3 is 0 Å². The first-order chi connectivity index (χ1) is 15.4. The Hall–Kier alpha value is -2.96. The summed E-state index contributed by atoms with van der Waals surface area (Å²) < 4.78 is 1.44. The molecule has 0 radical (unpaired) electrons. The van der Waals surface area contributed by atoms with Crippen LogP contribution >= 0.6 is 22.9 Å². The topological polar surface area (TPSA) is 64.0 Å². The molecule has 1 N–H and O–H groups in total. The number of halogens is 1. The maximum Gasteiger partial charge on any atom is 0.263 e. The van der Waals surface area contributed by atoms with Crippen LogP contribution in [0, 0.1) is 6.92 Å². The second kappa shape index (κ2) is 9.27. The molecule has 2 heterocycles. The predicted molar refractivity (Wildman–Crippen MR) is 133 cm³/mol. The molecule has 0 fully saturated rings. The molecule has 0 bridgehead atoms. The Morgan fingerprint density at radius 2 is 1.94 bits per heavy atom. The molecule has 5 nitrogen and oxygen atoms in total. The lowest BCUT2D eigenvalue weighted by molar-refractivity contribution is -0.119.